The third kappa shape index (κ3) is 1.50. The van der Waals surface area contributed by atoms with Gasteiger partial charge in [0.2, 0.25) is 0 Å². The zero-order valence-electron chi connectivity index (χ0n) is 5.11. The SMILES string of the molecule is Cn1ccc(O[B]O)c1. The van der Waals surface area contributed by atoms with Crippen molar-refractivity contribution in [2.45, 2.75) is 0 Å². The van der Waals surface area contributed by atoms with Crippen LogP contribution in [0.2, 0.25) is 0 Å². The molecule has 1 aromatic heterocycles. The van der Waals surface area contributed by atoms with Crippen molar-refractivity contribution >= 4 is 7.69 Å². The van der Waals surface area contributed by atoms with Crippen LogP contribution < -0.4 is 4.65 Å². The molecule has 4 heteroatoms. The monoisotopic (exact) mass is 124 g/mol. The molecule has 1 aromatic rings. The maximum absolute atomic E-state index is 8.17. The lowest BCUT2D eigenvalue weighted by molar-refractivity contribution is 0.453. The first-order chi connectivity index (χ1) is 4.33. The van der Waals surface area contributed by atoms with Gasteiger partial charge in [-0.3, -0.25) is 0 Å². The minimum absolute atomic E-state index is 0.639. The zero-order valence-corrected chi connectivity index (χ0v) is 5.11. The molecule has 0 aliphatic rings. The van der Waals surface area contributed by atoms with E-state index in [1.54, 1.807) is 12.3 Å². The van der Waals surface area contributed by atoms with Crippen LogP contribution in [-0.2, 0) is 7.05 Å². The van der Waals surface area contributed by atoms with E-state index in [4.69, 9.17) is 5.02 Å². The molecule has 0 atom stereocenters. The Labute approximate surface area is 54.2 Å². The number of aryl methyl sites for hydroxylation is 1. The molecule has 0 unspecified atom stereocenters. The highest BCUT2D eigenvalue weighted by Gasteiger charge is 1.93. The molecule has 1 heterocycles. The Kier molecular flexibility index (Phi) is 1.79. The Hall–Kier alpha value is -0.895. The van der Waals surface area contributed by atoms with Crippen molar-refractivity contribution in [2.75, 3.05) is 0 Å². The molecule has 9 heavy (non-hydrogen) atoms. The standard InChI is InChI=1S/C5H7BNO2/c1-7-3-2-5(4-7)9-6-8/h2-4,8H,1H3. The van der Waals surface area contributed by atoms with Gasteiger partial charge in [0.05, 0.1) is 0 Å². The van der Waals surface area contributed by atoms with Crippen molar-refractivity contribution in [3.63, 3.8) is 0 Å². The summed E-state index contributed by atoms with van der Waals surface area (Å²) < 4.78 is 6.47. The van der Waals surface area contributed by atoms with Crippen molar-refractivity contribution in [1.29, 1.82) is 0 Å². The quantitative estimate of drug-likeness (QED) is 0.560. The Bertz CT molecular complexity index is 187. The van der Waals surface area contributed by atoms with E-state index in [-0.39, 0.29) is 0 Å². The van der Waals surface area contributed by atoms with Gasteiger partial charge in [0.1, 0.15) is 5.75 Å². The summed E-state index contributed by atoms with van der Waals surface area (Å²) in [5, 5.41) is 8.17. The first kappa shape index (κ1) is 6.23. The molecule has 1 N–H and O–H groups in total. The second-order valence-corrected chi connectivity index (χ2v) is 1.74. The molecule has 47 valence electrons. The fourth-order valence-corrected chi connectivity index (χ4v) is 0.608. The molecule has 3 nitrogen and oxygen atoms in total. The van der Waals surface area contributed by atoms with Crippen LogP contribution in [0, 0.1) is 0 Å². The normalized spacial score (nSPS) is 9.11. The van der Waals surface area contributed by atoms with E-state index in [0.29, 0.717) is 13.4 Å². The molecule has 1 rings (SSSR count). The van der Waals surface area contributed by atoms with E-state index in [2.05, 4.69) is 4.65 Å². The van der Waals surface area contributed by atoms with Crippen LogP contribution in [0.25, 0.3) is 0 Å². The fourth-order valence-electron chi connectivity index (χ4n) is 0.608. The Morgan fingerprint density at radius 2 is 2.56 bits per heavy atom. The molecule has 0 amide bonds. The van der Waals surface area contributed by atoms with Gasteiger partial charge in [-0.25, -0.2) is 0 Å². The van der Waals surface area contributed by atoms with E-state index in [1.807, 2.05) is 17.8 Å². The second kappa shape index (κ2) is 2.59. The van der Waals surface area contributed by atoms with Gasteiger partial charge in [-0.2, -0.15) is 0 Å². The smallest absolute Gasteiger partial charge is 0.536 e. The van der Waals surface area contributed by atoms with Crippen LogP contribution >= 0.6 is 0 Å². The maximum Gasteiger partial charge on any atom is 0.569 e. The molecule has 0 saturated heterocycles. The lowest BCUT2D eigenvalue weighted by Gasteiger charge is -1.92. The van der Waals surface area contributed by atoms with Crippen LogP contribution in [0.1, 0.15) is 0 Å². The highest BCUT2D eigenvalue weighted by Crippen LogP contribution is 2.07. The molecule has 0 aliphatic carbocycles. The molecule has 0 aliphatic heterocycles. The first-order valence-electron chi connectivity index (χ1n) is 2.57. The summed E-state index contributed by atoms with van der Waals surface area (Å²) in [4.78, 5) is 0. The van der Waals surface area contributed by atoms with Crippen molar-refractivity contribution in [2.24, 2.45) is 7.05 Å². The molecule has 0 fully saturated rings. The van der Waals surface area contributed by atoms with Gasteiger partial charge in [0.15, 0.2) is 0 Å². The summed E-state index contributed by atoms with van der Waals surface area (Å²) >= 11 is 0. The number of hydrogen-bond donors (Lipinski definition) is 1. The highest BCUT2D eigenvalue weighted by molar-refractivity contribution is 6.17. The summed E-state index contributed by atoms with van der Waals surface area (Å²) in [5.41, 5.74) is 0. The molecule has 0 saturated carbocycles. The Morgan fingerprint density at radius 3 is 3.00 bits per heavy atom. The molecular formula is C5H7BNO2. The van der Waals surface area contributed by atoms with Gasteiger partial charge in [-0.15, -0.1) is 0 Å². The molecule has 0 spiro atoms. The van der Waals surface area contributed by atoms with E-state index in [0.717, 1.165) is 0 Å². The van der Waals surface area contributed by atoms with E-state index in [9.17, 15) is 0 Å². The summed E-state index contributed by atoms with van der Waals surface area (Å²) in [5.74, 6) is 0.639. The number of aromatic nitrogens is 1. The largest absolute Gasteiger partial charge is 0.569 e. The van der Waals surface area contributed by atoms with Crippen LogP contribution in [0.4, 0.5) is 0 Å². The Balaban J connectivity index is 2.61. The molecule has 1 radical (unpaired) electrons. The lowest BCUT2D eigenvalue weighted by atomic mass is 10.4. The predicted octanol–water partition coefficient (Wildman–Crippen LogP) is -0.0696. The van der Waals surface area contributed by atoms with Crippen LogP contribution in [0.15, 0.2) is 18.5 Å². The summed E-state index contributed by atoms with van der Waals surface area (Å²) in [6.45, 7) is 0. The maximum atomic E-state index is 8.17. The third-order valence-electron chi connectivity index (χ3n) is 0.994. The van der Waals surface area contributed by atoms with E-state index in [1.165, 1.54) is 0 Å². The van der Waals surface area contributed by atoms with Gasteiger partial charge >= 0.3 is 7.69 Å². The van der Waals surface area contributed by atoms with Crippen LogP contribution in [0.5, 0.6) is 5.75 Å². The fraction of sp³-hybridized carbons (Fsp3) is 0.200. The summed E-state index contributed by atoms with van der Waals surface area (Å²) in [6.07, 6.45) is 3.59. The van der Waals surface area contributed by atoms with Gasteiger partial charge in [-0.05, 0) is 6.07 Å². The minimum Gasteiger partial charge on any atom is -0.536 e. The number of rotatable bonds is 2. The minimum atomic E-state index is 0.639. The van der Waals surface area contributed by atoms with Crippen molar-refractivity contribution in [1.82, 2.24) is 4.57 Å². The van der Waals surface area contributed by atoms with E-state index < -0.39 is 0 Å². The van der Waals surface area contributed by atoms with E-state index >= 15 is 0 Å². The average Bonchev–Trinajstić information content (AvgIpc) is 2.17. The van der Waals surface area contributed by atoms with Crippen molar-refractivity contribution in [3.05, 3.63) is 18.5 Å². The van der Waals surface area contributed by atoms with Gasteiger partial charge in [0, 0.05) is 19.4 Å². The van der Waals surface area contributed by atoms with Crippen LogP contribution in [-0.4, -0.2) is 17.3 Å². The number of nitrogens with zero attached hydrogens (tertiary/aromatic N) is 1. The summed E-state index contributed by atoms with van der Waals surface area (Å²) in [6, 6.07) is 1.76. The molecular weight excluding hydrogens is 117 g/mol. The second-order valence-electron chi connectivity index (χ2n) is 1.74. The van der Waals surface area contributed by atoms with Gasteiger partial charge in [0.25, 0.3) is 0 Å². The highest BCUT2D eigenvalue weighted by atomic mass is 16.5. The molecule has 0 aromatic carbocycles. The van der Waals surface area contributed by atoms with Crippen LogP contribution in [0.3, 0.4) is 0 Å². The Morgan fingerprint density at radius 1 is 1.78 bits per heavy atom. The van der Waals surface area contributed by atoms with Crippen molar-refractivity contribution in [3.8, 4) is 5.75 Å². The van der Waals surface area contributed by atoms with Crippen molar-refractivity contribution < 1.29 is 9.68 Å². The van der Waals surface area contributed by atoms with Gasteiger partial charge < -0.3 is 14.2 Å². The lowest BCUT2D eigenvalue weighted by Crippen LogP contribution is -1.98. The molecule has 0 bridgehead atoms. The predicted molar refractivity (Wildman–Crippen MR) is 34.0 cm³/mol. The zero-order chi connectivity index (χ0) is 6.69. The topological polar surface area (TPSA) is 34.4 Å². The first-order valence-corrected chi connectivity index (χ1v) is 2.57. The average molecular weight is 124 g/mol. The number of hydrogen-bond acceptors (Lipinski definition) is 2. The summed E-state index contributed by atoms with van der Waals surface area (Å²) in [7, 11) is 2.54. The van der Waals surface area contributed by atoms with Gasteiger partial charge in [-0.1, -0.05) is 0 Å². The third-order valence-corrected chi connectivity index (χ3v) is 0.994.